The molecule has 88 valence electrons. The third kappa shape index (κ3) is 2.33. The van der Waals surface area contributed by atoms with Gasteiger partial charge in [-0.2, -0.15) is 0 Å². The van der Waals surface area contributed by atoms with Gasteiger partial charge in [0.2, 0.25) is 0 Å². The van der Waals surface area contributed by atoms with Gasteiger partial charge in [0, 0.05) is 5.56 Å². The van der Waals surface area contributed by atoms with Gasteiger partial charge in [0.15, 0.2) is 0 Å². The van der Waals surface area contributed by atoms with E-state index in [1.807, 2.05) is 6.92 Å². The molecule has 5 heteroatoms. The highest BCUT2D eigenvalue weighted by molar-refractivity contribution is 5.64. The van der Waals surface area contributed by atoms with E-state index in [2.05, 4.69) is 15.3 Å². The molecule has 0 amide bonds. The molecule has 0 unspecified atom stereocenters. The molecule has 0 aliphatic rings. The Morgan fingerprint density at radius 2 is 2.00 bits per heavy atom. The molecule has 1 aromatic heterocycles. The molecule has 0 spiro atoms. The lowest BCUT2D eigenvalue weighted by atomic mass is 10.2. The summed E-state index contributed by atoms with van der Waals surface area (Å²) in [5.41, 5.74) is 7.71. The molecule has 0 fully saturated rings. The van der Waals surface area contributed by atoms with Crippen molar-refractivity contribution < 1.29 is 4.39 Å². The molecule has 17 heavy (non-hydrogen) atoms. The number of aryl methyl sites for hydroxylation is 1. The molecular weight excluding hydrogens is 219 g/mol. The molecule has 0 bridgehead atoms. The summed E-state index contributed by atoms with van der Waals surface area (Å²) >= 11 is 0. The Hall–Kier alpha value is -2.17. The first-order chi connectivity index (χ1) is 8.08. The Bertz CT molecular complexity index is 554. The van der Waals surface area contributed by atoms with Crippen molar-refractivity contribution in [3.8, 4) is 0 Å². The predicted molar refractivity (Wildman–Crippen MR) is 65.6 cm³/mol. The number of halogens is 1. The molecule has 2 rings (SSSR count). The number of nitrogen functional groups attached to an aromatic ring is 1. The van der Waals surface area contributed by atoms with E-state index in [1.54, 1.807) is 19.1 Å². The number of nitrogens with one attached hydrogen (secondary N) is 1. The predicted octanol–water partition coefficient (Wildman–Crippen LogP) is 2.56. The molecule has 4 nitrogen and oxygen atoms in total. The fraction of sp³-hybridized carbons (Fsp3) is 0.167. The minimum absolute atomic E-state index is 0.327. The second-order valence-electron chi connectivity index (χ2n) is 3.84. The van der Waals surface area contributed by atoms with Gasteiger partial charge in [-0.3, -0.25) is 0 Å². The van der Waals surface area contributed by atoms with Crippen molar-refractivity contribution in [2.45, 2.75) is 13.8 Å². The highest BCUT2D eigenvalue weighted by Gasteiger charge is 2.07. The van der Waals surface area contributed by atoms with Crippen LogP contribution in [-0.4, -0.2) is 9.97 Å². The quantitative estimate of drug-likeness (QED) is 0.835. The number of hydrogen-bond acceptors (Lipinski definition) is 4. The van der Waals surface area contributed by atoms with Crippen LogP contribution in [0.1, 0.15) is 11.1 Å². The van der Waals surface area contributed by atoms with Gasteiger partial charge < -0.3 is 11.1 Å². The second-order valence-corrected chi connectivity index (χ2v) is 3.84. The van der Waals surface area contributed by atoms with Gasteiger partial charge in [0.25, 0.3) is 0 Å². The first kappa shape index (κ1) is 11.3. The van der Waals surface area contributed by atoms with Crippen molar-refractivity contribution in [2.75, 3.05) is 11.1 Å². The van der Waals surface area contributed by atoms with Crippen LogP contribution in [0.15, 0.2) is 24.5 Å². The van der Waals surface area contributed by atoms with Crippen molar-refractivity contribution in [3.05, 3.63) is 41.5 Å². The van der Waals surface area contributed by atoms with Gasteiger partial charge in [-0.15, -0.1) is 0 Å². The standard InChI is InChI=1S/C12H13FN4/c1-7-3-4-9(13)10(5-7)17-12-8(2)11(14)15-6-16-12/h3-6H,1-2H3,(H3,14,15,16,17). The number of benzene rings is 1. The molecule has 0 saturated carbocycles. The van der Waals surface area contributed by atoms with Crippen LogP contribution in [0.5, 0.6) is 0 Å². The molecule has 0 saturated heterocycles. The lowest BCUT2D eigenvalue weighted by Gasteiger charge is -2.10. The maximum Gasteiger partial charge on any atom is 0.146 e. The normalized spacial score (nSPS) is 10.3. The van der Waals surface area contributed by atoms with E-state index in [9.17, 15) is 4.39 Å². The Labute approximate surface area is 98.7 Å². The molecule has 3 N–H and O–H groups in total. The summed E-state index contributed by atoms with van der Waals surface area (Å²) in [5, 5.41) is 2.92. The van der Waals surface area contributed by atoms with E-state index in [0.717, 1.165) is 5.56 Å². The number of aromatic nitrogens is 2. The largest absolute Gasteiger partial charge is 0.383 e. The number of hydrogen-bond donors (Lipinski definition) is 2. The number of nitrogens with zero attached hydrogens (tertiary/aromatic N) is 2. The van der Waals surface area contributed by atoms with Crippen LogP contribution in [-0.2, 0) is 0 Å². The van der Waals surface area contributed by atoms with Gasteiger partial charge >= 0.3 is 0 Å². The SMILES string of the molecule is Cc1ccc(F)c(Nc2ncnc(N)c2C)c1. The van der Waals surface area contributed by atoms with Crippen LogP contribution in [0, 0.1) is 19.7 Å². The summed E-state index contributed by atoms with van der Waals surface area (Å²) in [6.45, 7) is 3.68. The Morgan fingerprint density at radius 1 is 1.24 bits per heavy atom. The number of rotatable bonds is 2. The summed E-state index contributed by atoms with van der Waals surface area (Å²) in [7, 11) is 0. The topological polar surface area (TPSA) is 63.8 Å². The van der Waals surface area contributed by atoms with Crippen molar-refractivity contribution in [3.63, 3.8) is 0 Å². The third-order valence-electron chi connectivity index (χ3n) is 2.50. The minimum atomic E-state index is -0.327. The van der Waals surface area contributed by atoms with Crippen molar-refractivity contribution in [2.24, 2.45) is 0 Å². The maximum absolute atomic E-state index is 13.6. The maximum atomic E-state index is 13.6. The number of nitrogens with two attached hydrogens (primary N) is 1. The monoisotopic (exact) mass is 232 g/mol. The zero-order valence-corrected chi connectivity index (χ0v) is 9.66. The fourth-order valence-corrected chi connectivity index (χ4v) is 1.45. The third-order valence-corrected chi connectivity index (χ3v) is 2.50. The smallest absolute Gasteiger partial charge is 0.146 e. The van der Waals surface area contributed by atoms with Crippen LogP contribution in [0.3, 0.4) is 0 Å². The van der Waals surface area contributed by atoms with Crippen LogP contribution >= 0.6 is 0 Å². The van der Waals surface area contributed by atoms with Crippen LogP contribution in [0.25, 0.3) is 0 Å². The van der Waals surface area contributed by atoms with Gasteiger partial charge in [-0.25, -0.2) is 14.4 Å². The molecule has 2 aromatic rings. The highest BCUT2D eigenvalue weighted by Crippen LogP contribution is 2.23. The molecule has 1 heterocycles. The summed E-state index contributed by atoms with van der Waals surface area (Å²) in [6.07, 6.45) is 1.35. The van der Waals surface area contributed by atoms with Crippen molar-refractivity contribution in [1.82, 2.24) is 9.97 Å². The molecule has 0 atom stereocenters. The highest BCUT2D eigenvalue weighted by atomic mass is 19.1. The van der Waals surface area contributed by atoms with Gasteiger partial charge in [0.1, 0.15) is 23.8 Å². The minimum Gasteiger partial charge on any atom is -0.383 e. The second kappa shape index (κ2) is 4.37. The lowest BCUT2D eigenvalue weighted by Crippen LogP contribution is -2.03. The van der Waals surface area contributed by atoms with Crippen LogP contribution < -0.4 is 11.1 Å². The van der Waals surface area contributed by atoms with E-state index in [1.165, 1.54) is 12.4 Å². The molecular formula is C12H13FN4. The van der Waals surface area contributed by atoms with E-state index in [-0.39, 0.29) is 5.82 Å². The van der Waals surface area contributed by atoms with E-state index < -0.39 is 0 Å². The molecule has 0 radical (unpaired) electrons. The van der Waals surface area contributed by atoms with E-state index in [4.69, 9.17) is 5.73 Å². The average molecular weight is 232 g/mol. The number of anilines is 3. The van der Waals surface area contributed by atoms with E-state index >= 15 is 0 Å². The van der Waals surface area contributed by atoms with E-state index in [0.29, 0.717) is 22.9 Å². The van der Waals surface area contributed by atoms with Crippen LogP contribution in [0.4, 0.5) is 21.7 Å². The first-order valence-corrected chi connectivity index (χ1v) is 5.18. The summed E-state index contributed by atoms with van der Waals surface area (Å²) in [4.78, 5) is 7.89. The molecule has 1 aromatic carbocycles. The summed E-state index contributed by atoms with van der Waals surface area (Å²) in [6, 6.07) is 4.84. The Kier molecular flexibility index (Phi) is 2.91. The first-order valence-electron chi connectivity index (χ1n) is 5.18. The zero-order valence-electron chi connectivity index (χ0n) is 9.66. The molecule has 0 aliphatic carbocycles. The average Bonchev–Trinajstić information content (AvgIpc) is 2.30. The Morgan fingerprint density at radius 3 is 2.76 bits per heavy atom. The lowest BCUT2D eigenvalue weighted by molar-refractivity contribution is 0.631. The van der Waals surface area contributed by atoms with Gasteiger partial charge in [-0.05, 0) is 31.5 Å². The fourth-order valence-electron chi connectivity index (χ4n) is 1.45. The summed E-state index contributed by atoms with van der Waals surface area (Å²) < 4.78 is 13.6. The van der Waals surface area contributed by atoms with Gasteiger partial charge in [-0.1, -0.05) is 6.07 Å². The van der Waals surface area contributed by atoms with Crippen molar-refractivity contribution >= 4 is 17.3 Å². The summed E-state index contributed by atoms with van der Waals surface area (Å²) in [5.74, 6) is 0.574. The van der Waals surface area contributed by atoms with Gasteiger partial charge in [0.05, 0.1) is 5.69 Å². The molecule has 0 aliphatic heterocycles. The zero-order chi connectivity index (χ0) is 12.4. The van der Waals surface area contributed by atoms with Crippen molar-refractivity contribution in [1.29, 1.82) is 0 Å². The Balaban J connectivity index is 2.38. The van der Waals surface area contributed by atoms with Crippen LogP contribution in [0.2, 0.25) is 0 Å².